The molecule has 9 heteroatoms. The van der Waals surface area contributed by atoms with E-state index in [-0.39, 0.29) is 22.4 Å². The number of ether oxygens (including phenoxy) is 1. The lowest BCUT2D eigenvalue weighted by atomic mass is 10.0. The standard InChI is InChI=1S/C26H21ClFN5O2/c1-15-6-8-16(9-7-15)21-14-22(23-19(27)4-3-5-20(23)28)33-26(29-21)31-25(32-33)30-24(34)17-10-12-18(35-2)13-11-17/h3-14,22H,1-2H3,(H2,29,30,31,32,34)/t22-/m1/s1. The maximum Gasteiger partial charge on any atom is 0.258 e. The summed E-state index contributed by atoms with van der Waals surface area (Å²) in [6.45, 7) is 2.00. The zero-order valence-corrected chi connectivity index (χ0v) is 19.7. The summed E-state index contributed by atoms with van der Waals surface area (Å²) in [5.74, 6) is 0.208. The van der Waals surface area contributed by atoms with Crippen LogP contribution in [0, 0.1) is 12.7 Å². The van der Waals surface area contributed by atoms with Gasteiger partial charge in [0.1, 0.15) is 17.6 Å². The molecular formula is C26H21ClFN5O2. The number of aryl methyl sites for hydroxylation is 1. The van der Waals surface area contributed by atoms with E-state index in [4.69, 9.17) is 16.3 Å². The third kappa shape index (κ3) is 4.48. The molecule has 1 aliphatic rings. The molecule has 3 aromatic carbocycles. The average molecular weight is 490 g/mol. The molecule has 7 nitrogen and oxygen atoms in total. The molecule has 0 saturated heterocycles. The highest BCUT2D eigenvalue weighted by Gasteiger charge is 2.29. The summed E-state index contributed by atoms with van der Waals surface area (Å²) in [5.41, 5.74) is 3.41. The Morgan fingerprint density at radius 2 is 1.86 bits per heavy atom. The second kappa shape index (κ2) is 9.23. The first-order valence-corrected chi connectivity index (χ1v) is 11.2. The summed E-state index contributed by atoms with van der Waals surface area (Å²) in [7, 11) is 1.55. The Morgan fingerprint density at radius 3 is 2.54 bits per heavy atom. The van der Waals surface area contributed by atoms with Gasteiger partial charge < -0.3 is 10.1 Å². The maximum atomic E-state index is 14.9. The first-order chi connectivity index (χ1) is 16.9. The van der Waals surface area contributed by atoms with E-state index in [1.807, 2.05) is 37.3 Å². The van der Waals surface area contributed by atoms with Gasteiger partial charge in [-0.15, -0.1) is 5.10 Å². The van der Waals surface area contributed by atoms with Crippen molar-refractivity contribution in [2.45, 2.75) is 13.0 Å². The molecule has 0 saturated carbocycles. The predicted molar refractivity (Wildman–Crippen MR) is 133 cm³/mol. The number of aromatic nitrogens is 3. The first-order valence-electron chi connectivity index (χ1n) is 10.8. The molecule has 0 bridgehead atoms. The Hall–Kier alpha value is -4.17. The summed E-state index contributed by atoms with van der Waals surface area (Å²) >= 11 is 6.41. The summed E-state index contributed by atoms with van der Waals surface area (Å²) in [5, 5.41) is 10.7. The lowest BCUT2D eigenvalue weighted by Crippen LogP contribution is -2.21. The number of amides is 1. The SMILES string of the molecule is COc1ccc(C(=O)Nc2nc3n(n2)[C@@H](c2c(F)cccc2Cl)C=C(c2ccc(C)cc2)N3)cc1. The van der Waals surface area contributed by atoms with Gasteiger partial charge in [0.15, 0.2) is 0 Å². The largest absolute Gasteiger partial charge is 0.497 e. The molecule has 0 unspecified atom stereocenters. The van der Waals surface area contributed by atoms with Gasteiger partial charge in [-0.2, -0.15) is 4.98 Å². The van der Waals surface area contributed by atoms with E-state index in [9.17, 15) is 9.18 Å². The number of anilines is 2. The number of allylic oxidation sites excluding steroid dienone is 1. The number of hydrogen-bond acceptors (Lipinski definition) is 5. The van der Waals surface area contributed by atoms with Gasteiger partial charge in [0.05, 0.1) is 7.11 Å². The van der Waals surface area contributed by atoms with E-state index in [1.165, 1.54) is 10.7 Å². The molecule has 176 valence electrons. The summed E-state index contributed by atoms with van der Waals surface area (Å²) in [6, 6.07) is 18.4. The van der Waals surface area contributed by atoms with Crippen molar-refractivity contribution in [3.63, 3.8) is 0 Å². The molecule has 35 heavy (non-hydrogen) atoms. The van der Waals surface area contributed by atoms with Crippen molar-refractivity contribution < 1.29 is 13.9 Å². The topological polar surface area (TPSA) is 81.1 Å². The van der Waals surface area contributed by atoms with E-state index >= 15 is 0 Å². The predicted octanol–water partition coefficient (Wildman–Crippen LogP) is 5.70. The third-order valence-corrected chi connectivity index (χ3v) is 6.03. The van der Waals surface area contributed by atoms with Crippen LogP contribution in [-0.2, 0) is 0 Å². The molecule has 0 aliphatic carbocycles. The van der Waals surface area contributed by atoms with Crippen LogP contribution >= 0.6 is 11.6 Å². The molecule has 0 spiro atoms. The molecule has 4 aromatic rings. The molecule has 0 fully saturated rings. The highest BCUT2D eigenvalue weighted by Crippen LogP contribution is 2.37. The molecule has 5 rings (SSSR count). The Labute approximate surface area is 206 Å². The van der Waals surface area contributed by atoms with Crippen LogP contribution in [0.15, 0.2) is 72.8 Å². The van der Waals surface area contributed by atoms with Gasteiger partial charge in [-0.1, -0.05) is 47.5 Å². The first kappa shape index (κ1) is 22.6. The number of nitrogens with one attached hydrogen (secondary N) is 2. The normalized spacial score (nSPS) is 14.5. The van der Waals surface area contributed by atoms with Crippen molar-refractivity contribution in [3.8, 4) is 5.75 Å². The van der Waals surface area contributed by atoms with E-state index in [0.717, 1.165) is 16.8 Å². The van der Waals surface area contributed by atoms with Gasteiger partial charge in [0.25, 0.3) is 11.9 Å². The zero-order valence-electron chi connectivity index (χ0n) is 18.9. The van der Waals surface area contributed by atoms with Crippen molar-refractivity contribution in [2.24, 2.45) is 0 Å². The third-order valence-electron chi connectivity index (χ3n) is 5.70. The van der Waals surface area contributed by atoms with Gasteiger partial charge in [0, 0.05) is 21.8 Å². The van der Waals surface area contributed by atoms with Crippen molar-refractivity contribution in [2.75, 3.05) is 17.7 Å². The van der Waals surface area contributed by atoms with Crippen LogP contribution in [0.5, 0.6) is 5.75 Å². The number of rotatable bonds is 5. The highest BCUT2D eigenvalue weighted by atomic mass is 35.5. The number of carbonyl (C=O) groups excluding carboxylic acids is 1. The van der Waals surface area contributed by atoms with Crippen LogP contribution in [-0.4, -0.2) is 27.8 Å². The van der Waals surface area contributed by atoms with E-state index in [2.05, 4.69) is 20.7 Å². The molecular weight excluding hydrogens is 469 g/mol. The summed E-state index contributed by atoms with van der Waals surface area (Å²) < 4.78 is 21.6. The van der Waals surface area contributed by atoms with Crippen LogP contribution in [0.2, 0.25) is 5.02 Å². The molecule has 1 atom stereocenters. The number of carbonyl (C=O) groups is 1. The van der Waals surface area contributed by atoms with Crippen LogP contribution in [0.1, 0.15) is 33.1 Å². The second-order valence-electron chi connectivity index (χ2n) is 8.04. The van der Waals surface area contributed by atoms with Crippen molar-refractivity contribution in [3.05, 3.63) is 106 Å². The minimum atomic E-state index is -0.685. The maximum absolute atomic E-state index is 14.9. The fourth-order valence-electron chi connectivity index (χ4n) is 3.86. The summed E-state index contributed by atoms with van der Waals surface area (Å²) in [6.07, 6.45) is 1.84. The van der Waals surface area contributed by atoms with Crippen LogP contribution < -0.4 is 15.4 Å². The van der Waals surface area contributed by atoms with Crippen LogP contribution in [0.3, 0.4) is 0 Å². The molecule has 1 aliphatic heterocycles. The number of fused-ring (bicyclic) bond motifs is 1. The lowest BCUT2D eigenvalue weighted by molar-refractivity contribution is 0.102. The van der Waals surface area contributed by atoms with E-state index < -0.39 is 11.9 Å². The number of nitrogens with zero attached hydrogens (tertiary/aromatic N) is 3. The lowest BCUT2D eigenvalue weighted by Gasteiger charge is -2.25. The Balaban J connectivity index is 1.52. The molecule has 2 N–H and O–H groups in total. The molecule has 0 radical (unpaired) electrons. The van der Waals surface area contributed by atoms with Crippen molar-refractivity contribution in [1.82, 2.24) is 14.8 Å². The Kier molecular flexibility index (Phi) is 5.96. The minimum Gasteiger partial charge on any atom is -0.497 e. The molecule has 1 amide bonds. The van der Waals surface area contributed by atoms with Gasteiger partial charge in [-0.05, 0) is 55.0 Å². The van der Waals surface area contributed by atoms with Crippen LogP contribution in [0.25, 0.3) is 5.70 Å². The van der Waals surface area contributed by atoms with E-state index in [1.54, 1.807) is 43.5 Å². The van der Waals surface area contributed by atoms with E-state index in [0.29, 0.717) is 17.3 Å². The monoisotopic (exact) mass is 489 g/mol. The quantitative estimate of drug-likeness (QED) is 0.376. The number of benzene rings is 3. The number of hydrogen-bond donors (Lipinski definition) is 2. The average Bonchev–Trinajstić information content (AvgIpc) is 3.26. The van der Waals surface area contributed by atoms with Gasteiger partial charge in [0.2, 0.25) is 5.95 Å². The second-order valence-corrected chi connectivity index (χ2v) is 8.44. The number of methoxy groups -OCH3 is 1. The summed E-state index contributed by atoms with van der Waals surface area (Å²) in [4.78, 5) is 17.2. The smallest absolute Gasteiger partial charge is 0.258 e. The van der Waals surface area contributed by atoms with Gasteiger partial charge in [-0.3, -0.25) is 10.1 Å². The molecule has 1 aromatic heterocycles. The van der Waals surface area contributed by atoms with Crippen LogP contribution in [0.4, 0.5) is 16.3 Å². The fraction of sp³-hybridized carbons (Fsp3) is 0.115. The zero-order chi connectivity index (χ0) is 24.5. The van der Waals surface area contributed by atoms with Crippen molar-refractivity contribution in [1.29, 1.82) is 0 Å². The Bertz CT molecular complexity index is 1410. The number of halogens is 2. The van der Waals surface area contributed by atoms with Gasteiger partial charge >= 0.3 is 0 Å². The molecule has 2 heterocycles. The van der Waals surface area contributed by atoms with Gasteiger partial charge in [-0.25, -0.2) is 9.07 Å². The fourth-order valence-corrected chi connectivity index (χ4v) is 4.14. The highest BCUT2D eigenvalue weighted by molar-refractivity contribution is 6.31. The minimum absolute atomic E-state index is 0.0735. The Morgan fingerprint density at radius 1 is 1.11 bits per heavy atom. The van der Waals surface area contributed by atoms with Crippen molar-refractivity contribution >= 4 is 35.1 Å².